The summed E-state index contributed by atoms with van der Waals surface area (Å²) >= 11 is 6.10. The Bertz CT molecular complexity index is 1440. The average Bonchev–Trinajstić information content (AvgIpc) is 3.17. The number of halogens is 2. The maximum Gasteiger partial charge on any atom is 0.239 e. The third kappa shape index (κ3) is 8.24. The molecule has 1 saturated heterocycles. The van der Waals surface area contributed by atoms with Gasteiger partial charge in [0.25, 0.3) is 0 Å². The Morgan fingerprint density at radius 3 is 2.69 bits per heavy atom. The number of carbonyl (C=O) groups excluding carboxylic acids is 3. The molecule has 0 spiro atoms. The molecule has 2 N–H and O–H groups in total. The lowest BCUT2D eigenvalue weighted by atomic mass is 10.1. The van der Waals surface area contributed by atoms with Gasteiger partial charge in [-0.25, -0.2) is 14.4 Å². The molecule has 0 bridgehead atoms. The van der Waals surface area contributed by atoms with E-state index in [1.165, 1.54) is 24.5 Å². The number of likely N-dealkylation sites (N-methyl/N-ethyl adjacent to an activating group) is 1. The number of rotatable bonds is 11. The van der Waals surface area contributed by atoms with Gasteiger partial charge in [0.2, 0.25) is 5.91 Å². The van der Waals surface area contributed by atoms with Gasteiger partial charge in [0, 0.05) is 49.3 Å². The molecule has 4 rings (SSSR count). The van der Waals surface area contributed by atoms with Crippen molar-refractivity contribution in [3.63, 3.8) is 0 Å². The molecule has 0 aliphatic carbocycles. The van der Waals surface area contributed by atoms with E-state index in [-0.39, 0.29) is 36.5 Å². The monoisotopic (exact) mass is 597 g/mol. The van der Waals surface area contributed by atoms with E-state index >= 15 is 0 Å². The number of amides is 1. The van der Waals surface area contributed by atoms with Gasteiger partial charge in [0.15, 0.2) is 17.9 Å². The summed E-state index contributed by atoms with van der Waals surface area (Å²) in [6.07, 6.45) is 2.58. The Hall–Kier alpha value is -4.07. The first kappa shape index (κ1) is 30.9. The van der Waals surface area contributed by atoms with Crippen LogP contribution in [0.25, 0.3) is 11.3 Å². The second kappa shape index (κ2) is 14.2. The van der Waals surface area contributed by atoms with Crippen LogP contribution in [0.2, 0.25) is 5.02 Å². The quantitative estimate of drug-likeness (QED) is 0.249. The number of aromatic nitrogens is 4. The number of ketones is 1. The molecule has 222 valence electrons. The number of anilines is 4. The summed E-state index contributed by atoms with van der Waals surface area (Å²) in [5, 5.41) is 14.8. The zero-order valence-electron chi connectivity index (χ0n) is 23.7. The average molecular weight is 598 g/mol. The van der Waals surface area contributed by atoms with Crippen LogP contribution in [0.1, 0.15) is 13.3 Å². The molecule has 1 aliphatic heterocycles. The van der Waals surface area contributed by atoms with E-state index in [0.717, 1.165) is 32.6 Å². The molecule has 2 aromatic heterocycles. The first-order valence-electron chi connectivity index (χ1n) is 13.5. The van der Waals surface area contributed by atoms with Gasteiger partial charge in [0.05, 0.1) is 17.9 Å². The molecule has 3 heterocycles. The van der Waals surface area contributed by atoms with Crippen molar-refractivity contribution < 1.29 is 18.8 Å². The van der Waals surface area contributed by atoms with E-state index < -0.39 is 17.5 Å². The normalized spacial score (nSPS) is 15.0. The minimum Gasteiger partial charge on any atom is -0.356 e. The minimum absolute atomic E-state index is 0.145. The van der Waals surface area contributed by atoms with Crippen LogP contribution in [0.15, 0.2) is 36.7 Å². The van der Waals surface area contributed by atoms with Gasteiger partial charge in [-0.05, 0) is 50.8 Å². The van der Waals surface area contributed by atoms with E-state index in [1.54, 1.807) is 31.0 Å². The number of hydrogen-bond acceptors (Lipinski definition) is 11. The van der Waals surface area contributed by atoms with Crippen molar-refractivity contribution >= 4 is 52.7 Å². The Morgan fingerprint density at radius 1 is 1.12 bits per heavy atom. The zero-order chi connectivity index (χ0) is 30.2. The summed E-state index contributed by atoms with van der Waals surface area (Å²) in [6.45, 7) is 5.59. The Labute approximate surface area is 248 Å². The van der Waals surface area contributed by atoms with Crippen LogP contribution in [0.5, 0.6) is 0 Å². The number of hydrogen-bond donors (Lipinski definition) is 2. The van der Waals surface area contributed by atoms with E-state index in [2.05, 4.69) is 47.6 Å². The van der Waals surface area contributed by atoms with Crippen LogP contribution in [-0.2, 0) is 14.4 Å². The van der Waals surface area contributed by atoms with Gasteiger partial charge in [-0.3, -0.25) is 19.3 Å². The third-order valence-corrected chi connectivity index (χ3v) is 7.10. The number of aldehydes is 1. The Balaban J connectivity index is 1.57. The molecule has 1 aromatic carbocycles. The van der Waals surface area contributed by atoms with Crippen molar-refractivity contribution in [2.24, 2.45) is 5.92 Å². The summed E-state index contributed by atoms with van der Waals surface area (Å²) in [6, 6.07) is 7.26. The molecule has 14 heteroatoms. The van der Waals surface area contributed by atoms with Crippen molar-refractivity contribution in [1.82, 2.24) is 30.0 Å². The van der Waals surface area contributed by atoms with Gasteiger partial charge in [-0.15, -0.1) is 10.2 Å². The lowest BCUT2D eigenvalue weighted by Gasteiger charge is -2.23. The van der Waals surface area contributed by atoms with Gasteiger partial charge in [-0.1, -0.05) is 18.5 Å². The maximum absolute atomic E-state index is 14.7. The molecule has 1 aliphatic rings. The SMILES string of the molecule is CC(CN(C)c1nnc(-c2cc(Cl)ccc2F)cc1Nc1cc(NC(=O)CN2CCCN(C)CC2)ncn1)C(=O)C=O. The van der Waals surface area contributed by atoms with E-state index in [4.69, 9.17) is 11.6 Å². The molecule has 0 saturated carbocycles. The zero-order valence-corrected chi connectivity index (χ0v) is 24.4. The summed E-state index contributed by atoms with van der Waals surface area (Å²) in [5.74, 6) is -0.927. The van der Waals surface area contributed by atoms with Crippen LogP contribution in [-0.4, -0.2) is 101 Å². The lowest BCUT2D eigenvalue weighted by molar-refractivity contribution is -0.132. The van der Waals surface area contributed by atoms with Gasteiger partial charge >= 0.3 is 0 Å². The van der Waals surface area contributed by atoms with Crippen molar-refractivity contribution in [2.75, 3.05) is 68.9 Å². The first-order valence-corrected chi connectivity index (χ1v) is 13.8. The third-order valence-electron chi connectivity index (χ3n) is 6.87. The number of nitrogens with one attached hydrogen (secondary N) is 2. The highest BCUT2D eigenvalue weighted by molar-refractivity contribution is 6.30. The fourth-order valence-electron chi connectivity index (χ4n) is 4.56. The van der Waals surface area contributed by atoms with Gasteiger partial charge in [0.1, 0.15) is 23.8 Å². The molecule has 12 nitrogen and oxygen atoms in total. The van der Waals surface area contributed by atoms with Crippen LogP contribution in [0.3, 0.4) is 0 Å². The van der Waals surface area contributed by atoms with Crippen LogP contribution in [0.4, 0.5) is 27.5 Å². The summed E-state index contributed by atoms with van der Waals surface area (Å²) in [5.41, 5.74) is 0.738. The number of benzene rings is 1. The predicted octanol–water partition coefficient (Wildman–Crippen LogP) is 2.89. The van der Waals surface area contributed by atoms with Crippen LogP contribution >= 0.6 is 11.6 Å². The summed E-state index contributed by atoms with van der Waals surface area (Å²) in [4.78, 5) is 50.1. The van der Waals surface area contributed by atoms with Gasteiger partial charge in [-0.2, -0.15) is 0 Å². The molecule has 42 heavy (non-hydrogen) atoms. The fourth-order valence-corrected chi connectivity index (χ4v) is 4.74. The topological polar surface area (TPSA) is 137 Å². The van der Waals surface area contributed by atoms with Crippen molar-refractivity contribution in [2.45, 2.75) is 13.3 Å². The number of Topliss-reactive ketones (excluding diaryl/α,β-unsaturated/α-hetero) is 1. The van der Waals surface area contributed by atoms with Crippen molar-refractivity contribution in [1.29, 1.82) is 0 Å². The highest BCUT2D eigenvalue weighted by Gasteiger charge is 2.21. The smallest absolute Gasteiger partial charge is 0.239 e. The van der Waals surface area contributed by atoms with Gasteiger partial charge < -0.3 is 20.4 Å². The molecule has 1 fully saturated rings. The lowest BCUT2D eigenvalue weighted by Crippen LogP contribution is -2.36. The number of nitrogens with zero attached hydrogens (tertiary/aromatic N) is 7. The van der Waals surface area contributed by atoms with E-state index in [1.807, 2.05) is 0 Å². The summed E-state index contributed by atoms with van der Waals surface area (Å²) in [7, 11) is 3.76. The largest absolute Gasteiger partial charge is 0.356 e. The van der Waals surface area contributed by atoms with Crippen LogP contribution < -0.4 is 15.5 Å². The Morgan fingerprint density at radius 2 is 1.90 bits per heavy atom. The Kier molecular flexibility index (Phi) is 10.4. The molecule has 0 radical (unpaired) electrons. The van der Waals surface area contributed by atoms with Crippen molar-refractivity contribution in [3.05, 3.63) is 47.5 Å². The second-order valence-electron chi connectivity index (χ2n) is 10.3. The maximum atomic E-state index is 14.7. The van der Waals surface area contributed by atoms with E-state index in [9.17, 15) is 18.8 Å². The summed E-state index contributed by atoms with van der Waals surface area (Å²) < 4.78 is 14.7. The predicted molar refractivity (Wildman–Crippen MR) is 158 cm³/mol. The molecule has 1 unspecified atom stereocenters. The standard InChI is InChI=1S/C28H33ClFN9O3/c1-18(24(41)16-40)14-38(3)28-23(12-22(35-36-28)20-11-19(29)5-6-21(20)30)33-25-13-26(32-17-31-25)34-27(42)15-39-8-4-7-37(2)9-10-39/h5-6,11-13,16-18H,4,7-10,14-15H2,1-3H3,(H2,31,32,33,34,35,42). The van der Waals surface area contributed by atoms with E-state index in [0.29, 0.717) is 28.2 Å². The first-order chi connectivity index (χ1) is 20.1. The van der Waals surface area contributed by atoms with Crippen LogP contribution in [0, 0.1) is 11.7 Å². The highest BCUT2D eigenvalue weighted by Crippen LogP contribution is 2.32. The molecule has 1 atom stereocenters. The molecular formula is C28H33ClFN9O3. The molecular weight excluding hydrogens is 565 g/mol. The molecule has 1 amide bonds. The second-order valence-corrected chi connectivity index (χ2v) is 10.7. The highest BCUT2D eigenvalue weighted by atomic mass is 35.5. The fraction of sp³-hybridized carbons (Fsp3) is 0.393. The van der Waals surface area contributed by atoms with Crippen molar-refractivity contribution in [3.8, 4) is 11.3 Å². The minimum atomic E-state index is -0.599. The number of carbonyl (C=O) groups is 3. The molecule has 3 aromatic rings.